The quantitative estimate of drug-likeness (QED) is 0.925. The van der Waals surface area contributed by atoms with Gasteiger partial charge in [0.25, 0.3) is 5.56 Å². The number of fused-ring (bicyclic) bond motifs is 1. The van der Waals surface area contributed by atoms with Gasteiger partial charge < -0.3 is 14.5 Å². The second-order valence-corrected chi connectivity index (χ2v) is 6.07. The second-order valence-electron chi connectivity index (χ2n) is 6.07. The minimum absolute atomic E-state index is 0.00222. The molecule has 6 nitrogen and oxygen atoms in total. The minimum Gasteiger partial charge on any atom is -0.497 e. The van der Waals surface area contributed by atoms with E-state index in [1.54, 1.807) is 14.2 Å². The molecule has 2 heterocycles. The number of methoxy groups -OCH3 is 2. The molecule has 0 aliphatic carbocycles. The number of aryl methyl sites for hydroxylation is 1. The zero-order valence-corrected chi connectivity index (χ0v) is 14.4. The molecule has 0 amide bonds. The minimum atomic E-state index is 0.00222. The second kappa shape index (κ2) is 7.05. The Labute approximate surface area is 141 Å². The number of ether oxygens (including phenoxy) is 2. The summed E-state index contributed by atoms with van der Waals surface area (Å²) in [7, 11) is 3.31. The fourth-order valence-electron chi connectivity index (χ4n) is 3.15. The third-order valence-corrected chi connectivity index (χ3v) is 4.38. The lowest BCUT2D eigenvalue weighted by Gasteiger charge is -2.20. The predicted octanol–water partition coefficient (Wildman–Crippen LogP) is 1.70. The maximum absolute atomic E-state index is 12.1. The number of aromatic amines is 1. The van der Waals surface area contributed by atoms with Crippen LogP contribution in [0.4, 0.5) is 0 Å². The van der Waals surface area contributed by atoms with Gasteiger partial charge in [0.1, 0.15) is 17.3 Å². The molecule has 0 fully saturated rings. The highest BCUT2D eigenvalue weighted by atomic mass is 16.5. The highest BCUT2D eigenvalue weighted by Crippen LogP contribution is 2.24. The van der Waals surface area contributed by atoms with Crippen molar-refractivity contribution in [2.45, 2.75) is 26.3 Å². The van der Waals surface area contributed by atoms with Gasteiger partial charge in [0.15, 0.2) is 0 Å². The Kier molecular flexibility index (Phi) is 4.85. The molecule has 0 bridgehead atoms. The van der Waals surface area contributed by atoms with Crippen LogP contribution in [0, 0.1) is 6.92 Å². The highest BCUT2D eigenvalue weighted by molar-refractivity contribution is 5.38. The Bertz CT molecular complexity index is 763. The van der Waals surface area contributed by atoms with Crippen LogP contribution < -0.4 is 15.0 Å². The summed E-state index contributed by atoms with van der Waals surface area (Å²) in [6.07, 6.45) is 1.51. The molecule has 0 atom stereocenters. The maximum atomic E-state index is 12.1. The van der Waals surface area contributed by atoms with Crippen LogP contribution in [0.15, 0.2) is 23.0 Å². The molecule has 0 saturated heterocycles. The molecule has 1 aliphatic rings. The number of rotatable bonds is 4. The number of aromatic nitrogens is 2. The smallest absolute Gasteiger partial charge is 0.254 e. The Hall–Kier alpha value is -2.34. The summed E-state index contributed by atoms with van der Waals surface area (Å²) in [6.45, 7) is 4.33. The van der Waals surface area contributed by atoms with Gasteiger partial charge in [-0.2, -0.15) is 0 Å². The van der Waals surface area contributed by atoms with Gasteiger partial charge in [-0.05, 0) is 31.0 Å². The van der Waals surface area contributed by atoms with Crippen molar-refractivity contribution in [1.29, 1.82) is 0 Å². The monoisotopic (exact) mass is 329 g/mol. The molecule has 6 heteroatoms. The van der Waals surface area contributed by atoms with Crippen LogP contribution in [0.25, 0.3) is 0 Å². The molecule has 2 aromatic rings. The molecule has 1 N–H and O–H groups in total. The van der Waals surface area contributed by atoms with Crippen LogP contribution in [-0.4, -0.2) is 42.2 Å². The first-order chi connectivity index (χ1) is 11.6. The van der Waals surface area contributed by atoms with Gasteiger partial charge in [-0.3, -0.25) is 9.69 Å². The standard InChI is InChI=1S/C18H23N3O3/c1-12-19-17-5-7-21(6-4-16(17)18(22)20-12)11-13-8-14(23-2)10-15(9-13)24-3/h8-10H,4-7,11H2,1-3H3,(H,19,20,22). The topological polar surface area (TPSA) is 67.5 Å². The van der Waals surface area contributed by atoms with Gasteiger partial charge >= 0.3 is 0 Å². The normalized spacial score (nSPS) is 14.8. The summed E-state index contributed by atoms with van der Waals surface area (Å²) < 4.78 is 10.7. The summed E-state index contributed by atoms with van der Waals surface area (Å²) in [5.41, 5.74) is 2.89. The van der Waals surface area contributed by atoms with E-state index >= 15 is 0 Å². The van der Waals surface area contributed by atoms with E-state index in [0.29, 0.717) is 5.82 Å². The van der Waals surface area contributed by atoms with Crippen LogP contribution >= 0.6 is 0 Å². The van der Waals surface area contributed by atoms with Crippen molar-refractivity contribution in [1.82, 2.24) is 14.9 Å². The van der Waals surface area contributed by atoms with E-state index in [-0.39, 0.29) is 5.56 Å². The van der Waals surface area contributed by atoms with Crippen LogP contribution in [0.2, 0.25) is 0 Å². The lowest BCUT2D eigenvalue weighted by atomic mass is 10.1. The number of hydrogen-bond acceptors (Lipinski definition) is 5. The predicted molar refractivity (Wildman–Crippen MR) is 91.8 cm³/mol. The summed E-state index contributed by atoms with van der Waals surface area (Å²) in [4.78, 5) is 21.8. The third kappa shape index (κ3) is 3.59. The number of H-pyrrole nitrogens is 1. The van der Waals surface area contributed by atoms with Gasteiger partial charge in [-0.1, -0.05) is 0 Å². The molecule has 0 saturated carbocycles. The molecule has 0 spiro atoms. The van der Waals surface area contributed by atoms with E-state index in [9.17, 15) is 4.79 Å². The fourth-order valence-corrected chi connectivity index (χ4v) is 3.15. The lowest BCUT2D eigenvalue weighted by Crippen LogP contribution is -2.26. The first-order valence-electron chi connectivity index (χ1n) is 8.12. The van der Waals surface area contributed by atoms with Gasteiger partial charge in [0.05, 0.1) is 19.9 Å². The average molecular weight is 329 g/mol. The molecular weight excluding hydrogens is 306 g/mol. The molecule has 0 unspecified atom stereocenters. The van der Waals surface area contributed by atoms with Gasteiger partial charge in [-0.25, -0.2) is 4.98 Å². The number of hydrogen-bond donors (Lipinski definition) is 1. The molecule has 3 rings (SSSR count). The molecule has 24 heavy (non-hydrogen) atoms. The number of benzene rings is 1. The summed E-state index contributed by atoms with van der Waals surface area (Å²) in [5, 5.41) is 0. The Morgan fingerprint density at radius 2 is 1.79 bits per heavy atom. The zero-order valence-electron chi connectivity index (χ0n) is 14.4. The third-order valence-electron chi connectivity index (χ3n) is 4.38. The van der Waals surface area contributed by atoms with Crippen molar-refractivity contribution in [3.63, 3.8) is 0 Å². The van der Waals surface area contributed by atoms with E-state index in [2.05, 4.69) is 14.9 Å². The molecule has 1 aromatic heterocycles. The Morgan fingerprint density at radius 1 is 1.12 bits per heavy atom. The van der Waals surface area contributed by atoms with E-state index in [1.807, 2.05) is 25.1 Å². The highest BCUT2D eigenvalue weighted by Gasteiger charge is 2.18. The van der Waals surface area contributed by atoms with Gasteiger partial charge in [0.2, 0.25) is 0 Å². The number of nitrogens with zero attached hydrogens (tertiary/aromatic N) is 2. The first kappa shape index (κ1) is 16.5. The average Bonchev–Trinajstić information content (AvgIpc) is 2.77. The largest absolute Gasteiger partial charge is 0.497 e. The van der Waals surface area contributed by atoms with Crippen LogP contribution in [0.3, 0.4) is 0 Å². The van der Waals surface area contributed by atoms with Crippen molar-refractivity contribution in [2.75, 3.05) is 27.3 Å². The van der Waals surface area contributed by atoms with Crippen LogP contribution in [0.5, 0.6) is 11.5 Å². The SMILES string of the molecule is COc1cc(CN2CCc3nc(C)[nH]c(=O)c3CC2)cc(OC)c1. The summed E-state index contributed by atoms with van der Waals surface area (Å²) >= 11 is 0. The molecule has 1 aliphatic heterocycles. The van der Waals surface area contributed by atoms with Crippen LogP contribution in [-0.2, 0) is 19.4 Å². The summed E-state index contributed by atoms with van der Waals surface area (Å²) in [5.74, 6) is 2.26. The van der Waals surface area contributed by atoms with Gasteiger partial charge in [0, 0.05) is 37.7 Å². The van der Waals surface area contributed by atoms with E-state index in [4.69, 9.17) is 9.47 Å². The fraction of sp³-hybridized carbons (Fsp3) is 0.444. The van der Waals surface area contributed by atoms with Gasteiger partial charge in [-0.15, -0.1) is 0 Å². The van der Waals surface area contributed by atoms with E-state index < -0.39 is 0 Å². The van der Waals surface area contributed by atoms with Crippen molar-refractivity contribution in [3.8, 4) is 11.5 Å². The van der Waals surface area contributed by atoms with Crippen LogP contribution in [0.1, 0.15) is 22.6 Å². The maximum Gasteiger partial charge on any atom is 0.254 e. The van der Waals surface area contributed by atoms with E-state index in [0.717, 1.165) is 60.8 Å². The Balaban J connectivity index is 1.77. The Morgan fingerprint density at radius 3 is 2.46 bits per heavy atom. The molecule has 1 aromatic carbocycles. The molecule has 0 radical (unpaired) electrons. The number of nitrogens with one attached hydrogen (secondary N) is 1. The van der Waals surface area contributed by atoms with Crippen molar-refractivity contribution >= 4 is 0 Å². The lowest BCUT2D eigenvalue weighted by molar-refractivity contribution is 0.277. The van der Waals surface area contributed by atoms with Crippen molar-refractivity contribution in [2.24, 2.45) is 0 Å². The molecule has 128 valence electrons. The summed E-state index contributed by atoms with van der Waals surface area (Å²) in [6, 6.07) is 5.92. The zero-order chi connectivity index (χ0) is 17.1. The van der Waals surface area contributed by atoms with Crippen molar-refractivity contribution < 1.29 is 9.47 Å². The molecular formula is C18H23N3O3. The van der Waals surface area contributed by atoms with Crippen molar-refractivity contribution in [3.05, 3.63) is 51.2 Å². The van der Waals surface area contributed by atoms with E-state index in [1.165, 1.54) is 0 Å². The first-order valence-corrected chi connectivity index (χ1v) is 8.12.